The van der Waals surface area contributed by atoms with Gasteiger partial charge in [-0.25, -0.2) is 0 Å². The van der Waals surface area contributed by atoms with Gasteiger partial charge in [-0.2, -0.15) is 0 Å². The van der Waals surface area contributed by atoms with E-state index in [2.05, 4.69) is 18.2 Å². The third-order valence-electron chi connectivity index (χ3n) is 2.43. The van der Waals surface area contributed by atoms with E-state index in [9.17, 15) is 0 Å². The molecule has 0 spiro atoms. The van der Waals surface area contributed by atoms with Gasteiger partial charge in [0.2, 0.25) is 0 Å². The maximum Gasteiger partial charge on any atom is 0.128 e. The fraction of sp³-hybridized carbons (Fsp3) is 0.400. The number of ether oxygens (including phenoxy) is 2. The molecule has 2 heteroatoms. The summed E-state index contributed by atoms with van der Waals surface area (Å²) in [6.45, 7) is 1.69. The van der Waals surface area contributed by atoms with E-state index >= 15 is 0 Å². The Balaban J connectivity index is 2.12. The van der Waals surface area contributed by atoms with Crippen LogP contribution in [-0.2, 0) is 11.2 Å². The Kier molecular flexibility index (Phi) is 1.21. The molecule has 0 saturated carbocycles. The Morgan fingerprint density at radius 2 is 2.25 bits per heavy atom. The first-order valence-electron chi connectivity index (χ1n) is 4.31. The first-order valence-corrected chi connectivity index (χ1v) is 4.31. The van der Waals surface area contributed by atoms with E-state index in [0.29, 0.717) is 6.10 Å². The Morgan fingerprint density at radius 1 is 1.33 bits per heavy atom. The van der Waals surface area contributed by atoms with E-state index in [4.69, 9.17) is 9.47 Å². The molecule has 2 heterocycles. The van der Waals surface area contributed by atoms with Crippen LogP contribution in [0.15, 0.2) is 18.2 Å². The smallest absolute Gasteiger partial charge is 0.128 e. The van der Waals surface area contributed by atoms with Crippen LogP contribution < -0.4 is 4.74 Å². The summed E-state index contributed by atoms with van der Waals surface area (Å²) in [6.07, 6.45) is 1.37. The van der Waals surface area contributed by atoms with Crippen molar-refractivity contribution < 1.29 is 9.47 Å². The van der Waals surface area contributed by atoms with Crippen LogP contribution in [0.2, 0.25) is 0 Å². The molecule has 0 aliphatic carbocycles. The zero-order valence-electron chi connectivity index (χ0n) is 6.75. The molecule has 0 bridgehead atoms. The molecule has 1 saturated heterocycles. The van der Waals surface area contributed by atoms with Crippen molar-refractivity contribution in [3.63, 3.8) is 0 Å². The molecule has 2 aliphatic heterocycles. The van der Waals surface area contributed by atoms with Crippen LogP contribution in [0.5, 0.6) is 5.75 Å². The van der Waals surface area contributed by atoms with E-state index in [1.54, 1.807) is 0 Å². The van der Waals surface area contributed by atoms with E-state index in [1.165, 1.54) is 11.1 Å². The van der Waals surface area contributed by atoms with Gasteiger partial charge in [0.25, 0.3) is 0 Å². The second-order valence-electron chi connectivity index (χ2n) is 3.26. The normalized spacial score (nSPS) is 24.8. The molecule has 0 amide bonds. The SMILES string of the molecule is c1cc2c(c(C3CO3)c1)OCC2. The third kappa shape index (κ3) is 0.847. The highest BCUT2D eigenvalue weighted by molar-refractivity contribution is 5.46. The Hall–Kier alpha value is -1.02. The molecule has 3 rings (SSSR count). The molecule has 62 valence electrons. The topological polar surface area (TPSA) is 21.8 Å². The molecule has 0 aromatic heterocycles. The van der Waals surface area contributed by atoms with E-state index in [1.807, 2.05) is 0 Å². The molecular formula is C10H10O2. The number of hydrogen-bond acceptors (Lipinski definition) is 2. The molecule has 2 aliphatic rings. The van der Waals surface area contributed by atoms with Crippen LogP contribution in [0.4, 0.5) is 0 Å². The molecule has 0 N–H and O–H groups in total. The molecule has 2 nitrogen and oxygen atoms in total. The summed E-state index contributed by atoms with van der Waals surface area (Å²) in [6, 6.07) is 6.32. The Bertz CT molecular complexity index is 316. The number of rotatable bonds is 1. The highest BCUT2D eigenvalue weighted by Crippen LogP contribution is 2.40. The number of benzene rings is 1. The highest BCUT2D eigenvalue weighted by atomic mass is 16.6. The van der Waals surface area contributed by atoms with Gasteiger partial charge in [0.15, 0.2) is 0 Å². The minimum Gasteiger partial charge on any atom is -0.493 e. The fourth-order valence-electron chi connectivity index (χ4n) is 1.72. The Labute approximate surface area is 71.1 Å². The van der Waals surface area contributed by atoms with Crippen LogP contribution in [0.25, 0.3) is 0 Å². The molecule has 12 heavy (non-hydrogen) atoms. The van der Waals surface area contributed by atoms with E-state index in [0.717, 1.165) is 25.4 Å². The largest absolute Gasteiger partial charge is 0.493 e. The first-order chi connectivity index (χ1) is 5.95. The lowest BCUT2D eigenvalue weighted by Gasteiger charge is -2.03. The van der Waals surface area contributed by atoms with Gasteiger partial charge in [0.1, 0.15) is 11.9 Å². The fourth-order valence-corrected chi connectivity index (χ4v) is 1.72. The standard InChI is InChI=1S/C10H10O2/c1-2-7-4-5-11-10(7)8(3-1)9-6-12-9/h1-3,9H,4-6H2. The molecule has 1 aromatic carbocycles. The second kappa shape index (κ2) is 2.23. The summed E-state index contributed by atoms with van der Waals surface area (Å²) < 4.78 is 10.8. The van der Waals surface area contributed by atoms with Gasteiger partial charge < -0.3 is 9.47 Å². The van der Waals surface area contributed by atoms with E-state index < -0.39 is 0 Å². The van der Waals surface area contributed by atoms with Crippen molar-refractivity contribution in [3.05, 3.63) is 29.3 Å². The van der Waals surface area contributed by atoms with Crippen molar-refractivity contribution in [1.82, 2.24) is 0 Å². The van der Waals surface area contributed by atoms with Crippen molar-refractivity contribution in [2.45, 2.75) is 12.5 Å². The van der Waals surface area contributed by atoms with Gasteiger partial charge in [-0.05, 0) is 5.56 Å². The van der Waals surface area contributed by atoms with Crippen molar-refractivity contribution >= 4 is 0 Å². The molecule has 1 aromatic rings. The molecule has 0 radical (unpaired) electrons. The van der Waals surface area contributed by atoms with Crippen molar-refractivity contribution in [1.29, 1.82) is 0 Å². The summed E-state index contributed by atoms with van der Waals surface area (Å²) in [4.78, 5) is 0. The summed E-state index contributed by atoms with van der Waals surface area (Å²) >= 11 is 0. The predicted octanol–water partition coefficient (Wildman–Crippen LogP) is 1.69. The molecule has 1 fully saturated rings. The lowest BCUT2D eigenvalue weighted by molar-refractivity contribution is 0.345. The van der Waals surface area contributed by atoms with Gasteiger partial charge in [-0.1, -0.05) is 18.2 Å². The summed E-state index contributed by atoms with van der Waals surface area (Å²) in [7, 11) is 0. The zero-order valence-corrected chi connectivity index (χ0v) is 6.75. The number of para-hydroxylation sites is 1. The monoisotopic (exact) mass is 162 g/mol. The molecule has 1 unspecified atom stereocenters. The van der Waals surface area contributed by atoms with Crippen LogP contribution in [0.1, 0.15) is 17.2 Å². The van der Waals surface area contributed by atoms with Crippen LogP contribution in [-0.4, -0.2) is 13.2 Å². The summed E-state index contributed by atoms with van der Waals surface area (Å²) in [5.74, 6) is 1.08. The van der Waals surface area contributed by atoms with Crippen LogP contribution in [0, 0.1) is 0 Å². The van der Waals surface area contributed by atoms with Gasteiger partial charge in [0.05, 0.1) is 13.2 Å². The number of hydrogen-bond donors (Lipinski definition) is 0. The highest BCUT2D eigenvalue weighted by Gasteiger charge is 2.30. The Morgan fingerprint density at radius 3 is 3.08 bits per heavy atom. The van der Waals surface area contributed by atoms with Crippen molar-refractivity contribution in [3.8, 4) is 5.75 Å². The predicted molar refractivity (Wildman–Crippen MR) is 44.3 cm³/mol. The van der Waals surface area contributed by atoms with Gasteiger partial charge in [-0.15, -0.1) is 0 Å². The number of fused-ring (bicyclic) bond motifs is 1. The van der Waals surface area contributed by atoms with Gasteiger partial charge in [-0.3, -0.25) is 0 Å². The molecular weight excluding hydrogens is 152 g/mol. The van der Waals surface area contributed by atoms with Crippen molar-refractivity contribution in [2.75, 3.05) is 13.2 Å². The van der Waals surface area contributed by atoms with Crippen molar-refractivity contribution in [2.24, 2.45) is 0 Å². The zero-order chi connectivity index (χ0) is 7.97. The first kappa shape index (κ1) is 6.49. The molecule has 1 atom stereocenters. The van der Waals surface area contributed by atoms with Crippen LogP contribution in [0.3, 0.4) is 0 Å². The summed E-state index contributed by atoms with van der Waals surface area (Å²) in [5, 5.41) is 0. The van der Waals surface area contributed by atoms with Gasteiger partial charge >= 0.3 is 0 Å². The lowest BCUT2D eigenvalue weighted by atomic mass is 10.1. The maximum atomic E-state index is 5.55. The minimum atomic E-state index is 0.318. The minimum absolute atomic E-state index is 0.318. The average Bonchev–Trinajstić information content (AvgIpc) is 2.82. The quantitative estimate of drug-likeness (QED) is 0.586. The third-order valence-corrected chi connectivity index (χ3v) is 2.43. The summed E-state index contributed by atoms with van der Waals surface area (Å²) in [5.41, 5.74) is 2.58. The number of epoxide rings is 1. The average molecular weight is 162 g/mol. The van der Waals surface area contributed by atoms with Crippen LogP contribution >= 0.6 is 0 Å². The maximum absolute atomic E-state index is 5.55. The lowest BCUT2D eigenvalue weighted by Crippen LogP contribution is -1.90. The van der Waals surface area contributed by atoms with E-state index in [-0.39, 0.29) is 0 Å². The second-order valence-corrected chi connectivity index (χ2v) is 3.26. The van der Waals surface area contributed by atoms with Gasteiger partial charge in [0, 0.05) is 12.0 Å².